The fraction of sp³-hybridized carbons (Fsp3) is 0.250. The van der Waals surface area contributed by atoms with Gasteiger partial charge in [-0.1, -0.05) is 12.1 Å². The number of nitrogens with one attached hydrogen (secondary N) is 2. The lowest BCUT2D eigenvalue weighted by atomic mass is 10.2. The molecule has 132 valence electrons. The standard InChI is InChI=1S/C16H16FN3O4S/c1-9-10(2)25-16(19-9)20-13(21)8-24-14(22)7-18-15(23)11-5-3-4-6-12(11)17/h3-6H,7-8H2,1-2H3,(H,18,23)(H,19,20,21). The van der Waals surface area contributed by atoms with Crippen LogP contribution in [0, 0.1) is 19.7 Å². The molecule has 0 bridgehead atoms. The molecular weight excluding hydrogens is 349 g/mol. The van der Waals surface area contributed by atoms with Crippen molar-refractivity contribution in [3.63, 3.8) is 0 Å². The number of carbonyl (C=O) groups excluding carboxylic acids is 3. The number of amides is 2. The second-order valence-electron chi connectivity index (χ2n) is 5.03. The van der Waals surface area contributed by atoms with Crippen LogP contribution in [0.5, 0.6) is 0 Å². The summed E-state index contributed by atoms with van der Waals surface area (Å²) in [4.78, 5) is 40.1. The van der Waals surface area contributed by atoms with Crippen molar-refractivity contribution in [2.24, 2.45) is 0 Å². The molecule has 0 radical (unpaired) electrons. The Morgan fingerprint density at radius 2 is 1.96 bits per heavy atom. The van der Waals surface area contributed by atoms with Gasteiger partial charge < -0.3 is 10.1 Å². The second kappa shape index (κ2) is 8.34. The maximum absolute atomic E-state index is 13.4. The Kier molecular flexibility index (Phi) is 6.18. The van der Waals surface area contributed by atoms with Gasteiger partial charge >= 0.3 is 5.97 Å². The van der Waals surface area contributed by atoms with Crippen LogP contribution in [-0.4, -0.2) is 35.9 Å². The van der Waals surface area contributed by atoms with E-state index in [0.717, 1.165) is 16.6 Å². The highest BCUT2D eigenvalue weighted by atomic mass is 32.1. The molecule has 1 heterocycles. The van der Waals surface area contributed by atoms with Gasteiger partial charge in [-0.3, -0.25) is 19.7 Å². The monoisotopic (exact) mass is 365 g/mol. The first-order valence-corrected chi connectivity index (χ1v) is 8.10. The molecule has 7 nitrogen and oxygen atoms in total. The van der Waals surface area contributed by atoms with Gasteiger partial charge in [0.1, 0.15) is 12.4 Å². The Labute approximate surface area is 147 Å². The molecule has 9 heteroatoms. The van der Waals surface area contributed by atoms with Gasteiger partial charge in [0.15, 0.2) is 11.7 Å². The largest absolute Gasteiger partial charge is 0.454 e. The van der Waals surface area contributed by atoms with Crippen LogP contribution in [0.15, 0.2) is 24.3 Å². The molecule has 1 aromatic heterocycles. The average molecular weight is 365 g/mol. The maximum atomic E-state index is 13.4. The lowest BCUT2D eigenvalue weighted by Gasteiger charge is -2.07. The molecule has 0 atom stereocenters. The highest BCUT2D eigenvalue weighted by Crippen LogP contribution is 2.20. The van der Waals surface area contributed by atoms with Crippen LogP contribution in [0.3, 0.4) is 0 Å². The van der Waals surface area contributed by atoms with Gasteiger partial charge in [0.25, 0.3) is 11.8 Å². The number of aryl methyl sites for hydroxylation is 2. The smallest absolute Gasteiger partial charge is 0.325 e. The highest BCUT2D eigenvalue weighted by Gasteiger charge is 2.14. The summed E-state index contributed by atoms with van der Waals surface area (Å²) < 4.78 is 18.2. The molecule has 0 unspecified atom stereocenters. The molecule has 2 aromatic rings. The third kappa shape index (κ3) is 5.35. The van der Waals surface area contributed by atoms with E-state index in [-0.39, 0.29) is 5.56 Å². The average Bonchev–Trinajstić information content (AvgIpc) is 2.88. The molecule has 0 aliphatic heterocycles. The van der Waals surface area contributed by atoms with Gasteiger partial charge in [-0.15, -0.1) is 11.3 Å². The minimum absolute atomic E-state index is 0.178. The summed E-state index contributed by atoms with van der Waals surface area (Å²) in [7, 11) is 0. The third-order valence-electron chi connectivity index (χ3n) is 3.15. The molecule has 0 fully saturated rings. The van der Waals surface area contributed by atoms with Gasteiger partial charge in [-0.2, -0.15) is 0 Å². The predicted octanol–water partition coefficient (Wildman–Crippen LogP) is 1.81. The third-order valence-corrected chi connectivity index (χ3v) is 4.14. The van der Waals surface area contributed by atoms with E-state index in [0.29, 0.717) is 5.13 Å². The minimum Gasteiger partial charge on any atom is -0.454 e. The summed E-state index contributed by atoms with van der Waals surface area (Å²) in [6.07, 6.45) is 0. The van der Waals surface area contributed by atoms with E-state index in [2.05, 4.69) is 15.6 Å². The topological polar surface area (TPSA) is 97.4 Å². The number of rotatable bonds is 6. The highest BCUT2D eigenvalue weighted by molar-refractivity contribution is 7.15. The van der Waals surface area contributed by atoms with Crippen LogP contribution in [0.25, 0.3) is 0 Å². The number of nitrogens with zero attached hydrogens (tertiary/aromatic N) is 1. The Bertz CT molecular complexity index is 787. The van der Waals surface area contributed by atoms with Crippen molar-refractivity contribution in [1.82, 2.24) is 10.3 Å². The Balaban J connectivity index is 1.74. The SMILES string of the molecule is Cc1nc(NC(=O)COC(=O)CNC(=O)c2ccccc2F)sc1C. The van der Waals surface area contributed by atoms with E-state index in [4.69, 9.17) is 4.74 Å². The van der Waals surface area contributed by atoms with Crippen molar-refractivity contribution in [3.8, 4) is 0 Å². The summed E-state index contributed by atoms with van der Waals surface area (Å²) in [6, 6.07) is 5.38. The number of anilines is 1. The number of esters is 1. The van der Waals surface area contributed by atoms with Crippen molar-refractivity contribution in [3.05, 3.63) is 46.2 Å². The molecule has 0 spiro atoms. The number of ether oxygens (including phenoxy) is 1. The lowest BCUT2D eigenvalue weighted by Crippen LogP contribution is -2.32. The molecule has 25 heavy (non-hydrogen) atoms. The van der Waals surface area contributed by atoms with Crippen molar-refractivity contribution >= 4 is 34.3 Å². The van der Waals surface area contributed by atoms with Crippen LogP contribution in [0.4, 0.5) is 9.52 Å². The minimum atomic E-state index is -0.814. The molecule has 0 aliphatic rings. The molecule has 0 aliphatic carbocycles. The van der Waals surface area contributed by atoms with E-state index in [1.165, 1.54) is 29.5 Å². The second-order valence-corrected chi connectivity index (χ2v) is 6.24. The zero-order valence-electron chi connectivity index (χ0n) is 13.6. The predicted molar refractivity (Wildman–Crippen MR) is 89.9 cm³/mol. The van der Waals surface area contributed by atoms with Crippen LogP contribution in [0.2, 0.25) is 0 Å². The van der Waals surface area contributed by atoms with Gasteiger partial charge in [0, 0.05) is 4.88 Å². The Morgan fingerprint density at radius 3 is 2.60 bits per heavy atom. The zero-order chi connectivity index (χ0) is 18.4. The molecule has 0 saturated heterocycles. The summed E-state index contributed by atoms with van der Waals surface area (Å²) in [5.41, 5.74) is 0.635. The normalized spacial score (nSPS) is 10.2. The number of carbonyl (C=O) groups is 3. The van der Waals surface area contributed by atoms with E-state index in [1.807, 2.05) is 13.8 Å². The van der Waals surface area contributed by atoms with Crippen molar-refractivity contribution in [2.75, 3.05) is 18.5 Å². The fourth-order valence-corrected chi connectivity index (χ4v) is 2.60. The van der Waals surface area contributed by atoms with Gasteiger partial charge in [0.2, 0.25) is 0 Å². The first-order valence-electron chi connectivity index (χ1n) is 7.29. The summed E-state index contributed by atoms with van der Waals surface area (Å²) in [6.45, 7) is 2.71. The first-order chi connectivity index (χ1) is 11.9. The molecule has 2 amide bonds. The summed E-state index contributed by atoms with van der Waals surface area (Å²) >= 11 is 1.31. The quantitative estimate of drug-likeness (QED) is 0.761. The van der Waals surface area contributed by atoms with Gasteiger partial charge in [0.05, 0.1) is 11.3 Å². The van der Waals surface area contributed by atoms with Crippen molar-refractivity contribution in [2.45, 2.75) is 13.8 Å². The van der Waals surface area contributed by atoms with Crippen LogP contribution >= 0.6 is 11.3 Å². The fourth-order valence-electron chi connectivity index (χ4n) is 1.77. The van der Waals surface area contributed by atoms with Gasteiger partial charge in [-0.25, -0.2) is 9.37 Å². The number of hydrogen-bond donors (Lipinski definition) is 2. The van der Waals surface area contributed by atoms with Crippen molar-refractivity contribution in [1.29, 1.82) is 0 Å². The van der Waals surface area contributed by atoms with E-state index in [1.54, 1.807) is 0 Å². The summed E-state index contributed by atoms with van der Waals surface area (Å²) in [5.74, 6) is -2.79. The van der Waals surface area contributed by atoms with E-state index >= 15 is 0 Å². The van der Waals surface area contributed by atoms with Crippen molar-refractivity contribution < 1.29 is 23.5 Å². The van der Waals surface area contributed by atoms with Crippen LogP contribution in [0.1, 0.15) is 20.9 Å². The van der Waals surface area contributed by atoms with E-state index in [9.17, 15) is 18.8 Å². The Hall–Kier alpha value is -2.81. The number of thiazole rings is 1. The lowest BCUT2D eigenvalue weighted by molar-refractivity contribution is -0.146. The number of benzene rings is 1. The molecule has 2 rings (SSSR count). The molecule has 2 N–H and O–H groups in total. The number of aromatic nitrogens is 1. The summed E-state index contributed by atoms with van der Waals surface area (Å²) in [5, 5.41) is 5.16. The van der Waals surface area contributed by atoms with Crippen LogP contribution < -0.4 is 10.6 Å². The first kappa shape index (κ1) is 18.5. The maximum Gasteiger partial charge on any atom is 0.325 e. The molecule has 1 aromatic carbocycles. The Morgan fingerprint density at radius 1 is 1.24 bits per heavy atom. The van der Waals surface area contributed by atoms with Gasteiger partial charge in [-0.05, 0) is 26.0 Å². The number of hydrogen-bond acceptors (Lipinski definition) is 6. The zero-order valence-corrected chi connectivity index (χ0v) is 14.4. The van der Waals surface area contributed by atoms with Crippen LogP contribution in [-0.2, 0) is 14.3 Å². The molecular formula is C16H16FN3O4S. The molecule has 0 saturated carbocycles. The number of halogens is 1. The van der Waals surface area contributed by atoms with E-state index < -0.39 is 36.8 Å².